The molecule has 0 bridgehead atoms. The van der Waals surface area contributed by atoms with Crippen molar-refractivity contribution in [2.75, 3.05) is 13.1 Å². The third-order valence-corrected chi connectivity index (χ3v) is 4.06. The summed E-state index contributed by atoms with van der Waals surface area (Å²) in [5.74, 6) is 0.821. The number of hydrogen-bond acceptors (Lipinski definition) is 2. The Hall–Kier alpha value is -1.87. The molecule has 3 rings (SSSR count). The highest BCUT2D eigenvalue weighted by Gasteiger charge is 2.08. The molecule has 1 atom stereocenters. The molecule has 3 nitrogen and oxygen atoms in total. The van der Waals surface area contributed by atoms with Crippen LogP contribution in [0.25, 0.3) is 5.69 Å². The van der Waals surface area contributed by atoms with Crippen LogP contribution in [0.3, 0.4) is 0 Å². The second-order valence-electron chi connectivity index (χ2n) is 5.73. The van der Waals surface area contributed by atoms with Crippen LogP contribution in [0.15, 0.2) is 54.9 Å². The smallest absolute Gasteiger partial charge is 0.0645 e. The fourth-order valence-electron chi connectivity index (χ4n) is 2.79. The third-order valence-electron chi connectivity index (χ3n) is 4.06. The molecule has 1 aromatic carbocycles. The van der Waals surface area contributed by atoms with Crippen LogP contribution in [0.4, 0.5) is 0 Å². The van der Waals surface area contributed by atoms with E-state index in [1.165, 1.54) is 24.8 Å². The standard InChI is InChI=1S/C18H23N3/c1-3-7-16(8-4-1)13-19-12-11-17-14-20-21(15-17)18-9-5-2-6-10-18/h1-3,5-6,9-10,14-16,19H,4,7-8,11-13H2. The van der Waals surface area contributed by atoms with Gasteiger partial charge in [0, 0.05) is 6.20 Å². The van der Waals surface area contributed by atoms with Crippen molar-refractivity contribution in [3.05, 3.63) is 60.4 Å². The van der Waals surface area contributed by atoms with Gasteiger partial charge in [-0.25, -0.2) is 4.68 Å². The number of aromatic nitrogens is 2. The molecule has 21 heavy (non-hydrogen) atoms. The topological polar surface area (TPSA) is 29.9 Å². The Bertz CT molecular complexity index is 571. The zero-order chi connectivity index (χ0) is 14.3. The van der Waals surface area contributed by atoms with Gasteiger partial charge in [-0.05, 0) is 62.4 Å². The van der Waals surface area contributed by atoms with Crippen molar-refractivity contribution >= 4 is 0 Å². The number of rotatable bonds is 6. The summed E-state index contributed by atoms with van der Waals surface area (Å²) >= 11 is 0. The Balaban J connectivity index is 1.44. The van der Waals surface area contributed by atoms with E-state index in [1.54, 1.807) is 0 Å². The van der Waals surface area contributed by atoms with E-state index in [0.29, 0.717) is 0 Å². The SMILES string of the molecule is C1=CCC(CNCCc2cnn(-c3ccccc3)c2)CC1. The Kier molecular flexibility index (Phi) is 4.85. The van der Waals surface area contributed by atoms with Crippen molar-refractivity contribution in [2.24, 2.45) is 5.92 Å². The first-order chi connectivity index (χ1) is 10.4. The second kappa shape index (κ2) is 7.23. The lowest BCUT2D eigenvalue weighted by molar-refractivity contribution is 0.442. The van der Waals surface area contributed by atoms with Crippen LogP contribution in [0.2, 0.25) is 0 Å². The highest BCUT2D eigenvalue weighted by Crippen LogP contribution is 2.16. The average molecular weight is 281 g/mol. The van der Waals surface area contributed by atoms with E-state index in [2.05, 4.69) is 40.9 Å². The number of benzene rings is 1. The summed E-state index contributed by atoms with van der Waals surface area (Å²) in [6.07, 6.45) is 13.6. The van der Waals surface area contributed by atoms with Crippen LogP contribution in [-0.4, -0.2) is 22.9 Å². The maximum absolute atomic E-state index is 4.43. The molecule has 2 aromatic rings. The van der Waals surface area contributed by atoms with E-state index in [1.807, 2.05) is 29.1 Å². The minimum absolute atomic E-state index is 0.821. The predicted octanol–water partition coefficient (Wildman–Crippen LogP) is 3.36. The molecule has 1 unspecified atom stereocenters. The fourth-order valence-corrected chi connectivity index (χ4v) is 2.79. The van der Waals surface area contributed by atoms with Crippen molar-refractivity contribution in [1.29, 1.82) is 0 Å². The monoisotopic (exact) mass is 281 g/mol. The number of nitrogens with one attached hydrogen (secondary N) is 1. The van der Waals surface area contributed by atoms with E-state index >= 15 is 0 Å². The maximum atomic E-state index is 4.43. The molecule has 1 aliphatic carbocycles. The van der Waals surface area contributed by atoms with Gasteiger partial charge in [-0.3, -0.25) is 0 Å². The van der Waals surface area contributed by atoms with Crippen LogP contribution < -0.4 is 5.32 Å². The molecule has 0 saturated carbocycles. The van der Waals surface area contributed by atoms with Gasteiger partial charge in [0.15, 0.2) is 0 Å². The van der Waals surface area contributed by atoms with Crippen molar-refractivity contribution in [2.45, 2.75) is 25.7 Å². The lowest BCUT2D eigenvalue weighted by Gasteiger charge is -2.17. The van der Waals surface area contributed by atoms with Crippen LogP contribution in [-0.2, 0) is 6.42 Å². The zero-order valence-corrected chi connectivity index (χ0v) is 12.4. The van der Waals surface area contributed by atoms with Gasteiger partial charge >= 0.3 is 0 Å². The van der Waals surface area contributed by atoms with Crippen LogP contribution in [0.5, 0.6) is 0 Å². The Labute approximate surface area is 126 Å². The van der Waals surface area contributed by atoms with Gasteiger partial charge in [-0.2, -0.15) is 5.10 Å². The molecule has 3 heteroatoms. The molecular weight excluding hydrogens is 258 g/mol. The van der Waals surface area contributed by atoms with Crippen molar-refractivity contribution in [1.82, 2.24) is 15.1 Å². The summed E-state index contributed by atoms with van der Waals surface area (Å²) < 4.78 is 1.95. The van der Waals surface area contributed by atoms with Gasteiger partial charge in [-0.1, -0.05) is 30.4 Å². The largest absolute Gasteiger partial charge is 0.316 e. The molecule has 0 saturated heterocycles. The van der Waals surface area contributed by atoms with Crippen LogP contribution in [0.1, 0.15) is 24.8 Å². The van der Waals surface area contributed by atoms with Gasteiger partial charge in [0.25, 0.3) is 0 Å². The quantitative estimate of drug-likeness (QED) is 0.650. The van der Waals surface area contributed by atoms with Crippen molar-refractivity contribution < 1.29 is 0 Å². The van der Waals surface area contributed by atoms with E-state index in [-0.39, 0.29) is 0 Å². The molecule has 110 valence electrons. The Morgan fingerprint density at radius 2 is 2.10 bits per heavy atom. The molecule has 0 aliphatic heterocycles. The summed E-state index contributed by atoms with van der Waals surface area (Å²) in [4.78, 5) is 0. The van der Waals surface area contributed by atoms with Crippen LogP contribution >= 0.6 is 0 Å². The van der Waals surface area contributed by atoms with E-state index in [9.17, 15) is 0 Å². The van der Waals surface area contributed by atoms with Crippen molar-refractivity contribution in [3.63, 3.8) is 0 Å². The number of para-hydroxylation sites is 1. The molecule has 1 N–H and O–H groups in total. The lowest BCUT2D eigenvalue weighted by Crippen LogP contribution is -2.25. The van der Waals surface area contributed by atoms with Gasteiger partial charge < -0.3 is 5.32 Å². The van der Waals surface area contributed by atoms with Gasteiger partial charge in [0.05, 0.1) is 11.9 Å². The number of hydrogen-bond donors (Lipinski definition) is 1. The van der Waals surface area contributed by atoms with Gasteiger partial charge in [-0.15, -0.1) is 0 Å². The van der Waals surface area contributed by atoms with E-state index in [0.717, 1.165) is 31.1 Å². The highest BCUT2D eigenvalue weighted by atomic mass is 15.3. The van der Waals surface area contributed by atoms with E-state index < -0.39 is 0 Å². The molecule has 1 aromatic heterocycles. The summed E-state index contributed by atoms with van der Waals surface area (Å²) in [6, 6.07) is 10.3. The summed E-state index contributed by atoms with van der Waals surface area (Å²) in [5.41, 5.74) is 2.40. The molecule has 0 radical (unpaired) electrons. The van der Waals surface area contributed by atoms with Gasteiger partial charge in [0.1, 0.15) is 0 Å². The summed E-state index contributed by atoms with van der Waals surface area (Å²) in [6.45, 7) is 2.16. The van der Waals surface area contributed by atoms with E-state index in [4.69, 9.17) is 0 Å². The molecule has 0 fully saturated rings. The van der Waals surface area contributed by atoms with Crippen LogP contribution in [0, 0.1) is 5.92 Å². The zero-order valence-electron chi connectivity index (χ0n) is 12.4. The number of allylic oxidation sites excluding steroid dienone is 2. The molecular formula is C18H23N3. The minimum atomic E-state index is 0.821. The Morgan fingerprint density at radius 1 is 1.19 bits per heavy atom. The molecule has 0 spiro atoms. The van der Waals surface area contributed by atoms with Crippen molar-refractivity contribution in [3.8, 4) is 5.69 Å². The third kappa shape index (κ3) is 4.05. The second-order valence-corrected chi connectivity index (χ2v) is 5.73. The highest BCUT2D eigenvalue weighted by molar-refractivity contribution is 5.30. The summed E-state index contributed by atoms with van der Waals surface area (Å²) in [5, 5.41) is 8.02. The Morgan fingerprint density at radius 3 is 2.90 bits per heavy atom. The predicted molar refractivity (Wildman–Crippen MR) is 86.6 cm³/mol. The minimum Gasteiger partial charge on any atom is -0.316 e. The maximum Gasteiger partial charge on any atom is 0.0645 e. The normalized spacial score (nSPS) is 18.0. The molecule has 0 amide bonds. The average Bonchev–Trinajstić information content (AvgIpc) is 3.02. The molecule has 1 heterocycles. The fraction of sp³-hybridized carbons (Fsp3) is 0.389. The first kappa shape index (κ1) is 14.1. The first-order valence-corrected chi connectivity index (χ1v) is 7.86. The lowest BCUT2D eigenvalue weighted by atomic mass is 9.94. The number of nitrogens with zero attached hydrogens (tertiary/aromatic N) is 2. The summed E-state index contributed by atoms with van der Waals surface area (Å²) in [7, 11) is 0. The first-order valence-electron chi connectivity index (χ1n) is 7.86. The van der Waals surface area contributed by atoms with Gasteiger partial charge in [0.2, 0.25) is 0 Å². The molecule has 1 aliphatic rings.